The van der Waals surface area contributed by atoms with Gasteiger partial charge in [0.1, 0.15) is 11.5 Å². The molecule has 1 aromatic carbocycles. The van der Waals surface area contributed by atoms with E-state index in [1.165, 1.54) is 0 Å². The number of nitriles is 1. The second-order valence-electron chi connectivity index (χ2n) is 4.94. The summed E-state index contributed by atoms with van der Waals surface area (Å²) in [7, 11) is 1.70. The number of carbonyl (C=O) groups is 1. The highest BCUT2D eigenvalue weighted by Gasteiger charge is 2.17. The van der Waals surface area contributed by atoms with Gasteiger partial charge in [-0.2, -0.15) is 5.26 Å². The number of carbonyl (C=O) groups excluding carboxylic acids is 1. The van der Waals surface area contributed by atoms with Crippen LogP contribution in [-0.4, -0.2) is 28.9 Å². The largest absolute Gasteiger partial charge is 0.456 e. The molecule has 1 heterocycles. The van der Waals surface area contributed by atoms with Gasteiger partial charge in [-0.1, -0.05) is 0 Å². The Hall–Kier alpha value is -2.87. The van der Waals surface area contributed by atoms with E-state index in [4.69, 9.17) is 10.00 Å². The molecule has 1 unspecified atom stereocenters. The van der Waals surface area contributed by atoms with Crippen LogP contribution < -0.4 is 4.74 Å². The van der Waals surface area contributed by atoms with Crippen LogP contribution >= 0.6 is 0 Å². The quantitative estimate of drug-likeness (QED) is 0.849. The average Bonchev–Trinajstić information content (AvgIpc) is 2.55. The lowest BCUT2D eigenvalue weighted by atomic mass is 10.1. The molecule has 0 aliphatic rings. The van der Waals surface area contributed by atoms with Crippen molar-refractivity contribution in [2.75, 3.05) is 7.05 Å². The van der Waals surface area contributed by atoms with Crippen LogP contribution in [0.1, 0.15) is 23.7 Å². The number of pyridine rings is 1. The third kappa shape index (κ3) is 3.83. The normalized spacial score (nSPS) is 11.3. The monoisotopic (exact) mass is 295 g/mol. The van der Waals surface area contributed by atoms with E-state index in [9.17, 15) is 4.79 Å². The smallest absolute Gasteiger partial charge is 0.253 e. The molecular weight excluding hydrogens is 278 g/mol. The maximum absolute atomic E-state index is 12.3. The predicted octanol–water partition coefficient (Wildman–Crippen LogP) is 3.25. The summed E-state index contributed by atoms with van der Waals surface area (Å²) in [5, 5.41) is 8.70. The van der Waals surface area contributed by atoms with E-state index >= 15 is 0 Å². The molecule has 0 aliphatic heterocycles. The Morgan fingerprint density at radius 2 is 2.05 bits per heavy atom. The maximum atomic E-state index is 12.3. The molecule has 1 atom stereocenters. The SMILES string of the molecule is CC(CC#N)N(C)C(=O)c1ccc(Oc2cccnc2)cc1. The molecule has 0 aliphatic carbocycles. The molecule has 2 aromatic rings. The fourth-order valence-corrected chi connectivity index (χ4v) is 1.88. The van der Waals surface area contributed by atoms with E-state index in [1.807, 2.05) is 13.0 Å². The Balaban J connectivity index is 2.05. The van der Waals surface area contributed by atoms with E-state index < -0.39 is 0 Å². The fraction of sp³-hybridized carbons (Fsp3) is 0.235. The lowest BCUT2D eigenvalue weighted by Gasteiger charge is -2.23. The molecule has 112 valence electrons. The zero-order chi connectivity index (χ0) is 15.9. The molecule has 5 heteroatoms. The lowest BCUT2D eigenvalue weighted by Crippen LogP contribution is -2.34. The number of benzene rings is 1. The summed E-state index contributed by atoms with van der Waals surface area (Å²) in [6.45, 7) is 1.85. The summed E-state index contributed by atoms with van der Waals surface area (Å²) in [5.41, 5.74) is 0.561. The highest BCUT2D eigenvalue weighted by Crippen LogP contribution is 2.21. The number of amides is 1. The Kier molecular flexibility index (Phi) is 5.10. The fourth-order valence-electron chi connectivity index (χ4n) is 1.88. The molecule has 0 N–H and O–H groups in total. The summed E-state index contributed by atoms with van der Waals surface area (Å²) in [6.07, 6.45) is 3.60. The molecule has 0 saturated heterocycles. The van der Waals surface area contributed by atoms with Gasteiger partial charge in [-0.05, 0) is 43.3 Å². The zero-order valence-electron chi connectivity index (χ0n) is 12.6. The first kappa shape index (κ1) is 15.5. The molecule has 5 nitrogen and oxygen atoms in total. The summed E-state index contributed by atoms with van der Waals surface area (Å²) in [4.78, 5) is 17.8. The van der Waals surface area contributed by atoms with Crippen LogP contribution in [0.25, 0.3) is 0 Å². The van der Waals surface area contributed by atoms with Gasteiger partial charge in [0.25, 0.3) is 5.91 Å². The molecule has 1 aromatic heterocycles. The highest BCUT2D eigenvalue weighted by atomic mass is 16.5. The zero-order valence-corrected chi connectivity index (χ0v) is 12.6. The van der Waals surface area contributed by atoms with E-state index in [0.29, 0.717) is 23.5 Å². The van der Waals surface area contributed by atoms with Crippen molar-refractivity contribution in [3.05, 3.63) is 54.4 Å². The van der Waals surface area contributed by atoms with Crippen LogP contribution in [0.5, 0.6) is 11.5 Å². The van der Waals surface area contributed by atoms with Crippen molar-refractivity contribution >= 4 is 5.91 Å². The van der Waals surface area contributed by atoms with Crippen LogP contribution in [0, 0.1) is 11.3 Å². The molecule has 0 bridgehead atoms. The van der Waals surface area contributed by atoms with Crippen LogP contribution in [0.2, 0.25) is 0 Å². The number of aromatic nitrogens is 1. The van der Waals surface area contributed by atoms with Crippen LogP contribution in [0.15, 0.2) is 48.8 Å². The molecular formula is C17H17N3O2. The van der Waals surface area contributed by atoms with Gasteiger partial charge in [0.05, 0.1) is 18.7 Å². The molecule has 0 spiro atoms. The Bertz CT molecular complexity index is 663. The minimum Gasteiger partial charge on any atom is -0.456 e. The molecule has 0 saturated carbocycles. The maximum Gasteiger partial charge on any atom is 0.253 e. The summed E-state index contributed by atoms with van der Waals surface area (Å²) >= 11 is 0. The van der Waals surface area contributed by atoms with E-state index in [2.05, 4.69) is 11.1 Å². The summed E-state index contributed by atoms with van der Waals surface area (Å²) in [6, 6.07) is 12.5. The minimum absolute atomic E-state index is 0.115. The Labute approximate surface area is 129 Å². The van der Waals surface area contributed by atoms with Crippen molar-refractivity contribution < 1.29 is 9.53 Å². The third-order valence-electron chi connectivity index (χ3n) is 3.34. The minimum atomic E-state index is -0.121. The van der Waals surface area contributed by atoms with Gasteiger partial charge in [0.15, 0.2) is 0 Å². The molecule has 0 radical (unpaired) electrons. The lowest BCUT2D eigenvalue weighted by molar-refractivity contribution is 0.0746. The first-order valence-corrected chi connectivity index (χ1v) is 6.94. The van der Waals surface area contributed by atoms with Gasteiger partial charge in [0, 0.05) is 24.8 Å². The number of rotatable bonds is 5. The van der Waals surface area contributed by atoms with Crippen molar-refractivity contribution in [2.45, 2.75) is 19.4 Å². The van der Waals surface area contributed by atoms with E-state index in [0.717, 1.165) is 0 Å². The Morgan fingerprint density at radius 3 is 2.64 bits per heavy atom. The van der Waals surface area contributed by atoms with Crippen LogP contribution in [0.3, 0.4) is 0 Å². The van der Waals surface area contributed by atoms with Gasteiger partial charge in [-0.15, -0.1) is 0 Å². The first-order chi connectivity index (χ1) is 10.6. The second kappa shape index (κ2) is 7.23. The molecule has 2 rings (SSSR count). The summed E-state index contributed by atoms with van der Waals surface area (Å²) in [5.74, 6) is 1.16. The van der Waals surface area contributed by atoms with Gasteiger partial charge in [-0.25, -0.2) is 0 Å². The highest BCUT2D eigenvalue weighted by molar-refractivity contribution is 5.94. The predicted molar refractivity (Wildman–Crippen MR) is 82.5 cm³/mol. The van der Waals surface area contributed by atoms with Crippen molar-refractivity contribution in [3.63, 3.8) is 0 Å². The number of nitrogens with zero attached hydrogens (tertiary/aromatic N) is 3. The molecule has 22 heavy (non-hydrogen) atoms. The van der Waals surface area contributed by atoms with Crippen molar-refractivity contribution in [2.24, 2.45) is 0 Å². The standard InChI is InChI=1S/C17H17N3O2/c1-13(9-10-18)20(2)17(21)14-5-7-15(8-6-14)22-16-4-3-11-19-12-16/h3-8,11-13H,9H2,1-2H3. The van der Waals surface area contributed by atoms with Crippen molar-refractivity contribution in [1.82, 2.24) is 9.88 Å². The van der Waals surface area contributed by atoms with Gasteiger partial charge in [-0.3, -0.25) is 9.78 Å². The van der Waals surface area contributed by atoms with Gasteiger partial charge >= 0.3 is 0 Å². The van der Waals surface area contributed by atoms with Crippen molar-refractivity contribution in [1.29, 1.82) is 5.26 Å². The first-order valence-electron chi connectivity index (χ1n) is 6.94. The van der Waals surface area contributed by atoms with Crippen LogP contribution in [-0.2, 0) is 0 Å². The van der Waals surface area contributed by atoms with Gasteiger partial charge in [0.2, 0.25) is 0 Å². The van der Waals surface area contributed by atoms with Gasteiger partial charge < -0.3 is 9.64 Å². The second-order valence-corrected chi connectivity index (χ2v) is 4.94. The number of ether oxygens (including phenoxy) is 1. The number of hydrogen-bond acceptors (Lipinski definition) is 4. The average molecular weight is 295 g/mol. The Morgan fingerprint density at radius 1 is 1.32 bits per heavy atom. The molecule has 0 fully saturated rings. The summed E-state index contributed by atoms with van der Waals surface area (Å²) < 4.78 is 5.63. The van der Waals surface area contributed by atoms with E-state index in [1.54, 1.807) is 54.7 Å². The van der Waals surface area contributed by atoms with Crippen LogP contribution in [0.4, 0.5) is 0 Å². The number of hydrogen-bond donors (Lipinski definition) is 0. The van der Waals surface area contributed by atoms with E-state index in [-0.39, 0.29) is 11.9 Å². The topological polar surface area (TPSA) is 66.2 Å². The van der Waals surface area contributed by atoms with Crippen molar-refractivity contribution in [3.8, 4) is 17.6 Å². The molecule has 1 amide bonds. The third-order valence-corrected chi connectivity index (χ3v) is 3.34.